The van der Waals surface area contributed by atoms with E-state index in [1.54, 1.807) is 19.1 Å². The zero-order valence-corrected chi connectivity index (χ0v) is 15.2. The Bertz CT molecular complexity index is 709. The molecule has 0 saturated heterocycles. The number of halogens is 2. The Hall–Kier alpha value is -1.07. The summed E-state index contributed by atoms with van der Waals surface area (Å²) in [5.74, 6) is -0.326. The average Bonchev–Trinajstić information content (AvgIpc) is 2.80. The number of hydrogen-bond donors (Lipinski definition) is 3. The van der Waals surface area contributed by atoms with Crippen LogP contribution in [0.4, 0.5) is 0 Å². The van der Waals surface area contributed by atoms with Gasteiger partial charge in [-0.25, -0.2) is 9.78 Å². The van der Waals surface area contributed by atoms with Crippen LogP contribution in [-0.4, -0.2) is 31.4 Å². The van der Waals surface area contributed by atoms with Crippen molar-refractivity contribution in [1.82, 2.24) is 15.2 Å². The molecule has 6 nitrogen and oxygen atoms in total. The number of carboxylic acids is 1. The standard InChI is InChI=1S/C12H9BrIN3O3S/c1-5-15-12(17-16-5)21-9(11(19)20)4-6-2-7(13)10(18)8(14)3-6/h2-4,18H,1H3,(H,19,20)(H,15,16,17)/b9-4-. The Morgan fingerprint density at radius 1 is 1.52 bits per heavy atom. The van der Waals surface area contributed by atoms with Crippen molar-refractivity contribution in [2.24, 2.45) is 0 Å². The zero-order valence-electron chi connectivity index (χ0n) is 10.6. The van der Waals surface area contributed by atoms with Crippen molar-refractivity contribution in [1.29, 1.82) is 0 Å². The lowest BCUT2D eigenvalue weighted by Gasteiger charge is -2.04. The predicted molar refractivity (Wildman–Crippen MR) is 91.1 cm³/mol. The molecule has 1 aromatic heterocycles. The number of aliphatic carboxylic acids is 1. The highest BCUT2D eigenvalue weighted by Gasteiger charge is 2.14. The summed E-state index contributed by atoms with van der Waals surface area (Å²) >= 11 is 6.16. The topological polar surface area (TPSA) is 99.1 Å². The van der Waals surface area contributed by atoms with Crippen molar-refractivity contribution in [2.75, 3.05) is 0 Å². The van der Waals surface area contributed by atoms with Crippen LogP contribution in [0.1, 0.15) is 11.4 Å². The molecule has 0 aliphatic heterocycles. The van der Waals surface area contributed by atoms with Gasteiger partial charge in [0, 0.05) is 0 Å². The molecule has 0 saturated carbocycles. The molecule has 0 aliphatic carbocycles. The van der Waals surface area contributed by atoms with E-state index >= 15 is 0 Å². The number of hydrogen-bond acceptors (Lipinski definition) is 5. The lowest BCUT2D eigenvalue weighted by Crippen LogP contribution is -1.97. The number of rotatable bonds is 4. The molecule has 0 amide bonds. The van der Waals surface area contributed by atoms with Crippen LogP contribution in [-0.2, 0) is 4.79 Å². The molecule has 0 spiro atoms. The van der Waals surface area contributed by atoms with Crippen molar-refractivity contribution in [3.63, 3.8) is 0 Å². The summed E-state index contributed by atoms with van der Waals surface area (Å²) in [6, 6.07) is 3.33. The first-order valence-electron chi connectivity index (χ1n) is 5.56. The Kier molecular flexibility index (Phi) is 5.27. The summed E-state index contributed by atoms with van der Waals surface area (Å²) in [6.07, 6.45) is 1.51. The molecule has 0 fully saturated rings. The number of H-pyrrole nitrogens is 1. The number of nitrogens with one attached hydrogen (secondary N) is 1. The molecule has 0 unspecified atom stereocenters. The van der Waals surface area contributed by atoms with Crippen molar-refractivity contribution >= 4 is 62.3 Å². The van der Waals surface area contributed by atoms with Gasteiger partial charge >= 0.3 is 5.97 Å². The van der Waals surface area contributed by atoms with Crippen LogP contribution in [0.2, 0.25) is 0 Å². The van der Waals surface area contributed by atoms with Crippen LogP contribution < -0.4 is 0 Å². The molecule has 3 N–H and O–H groups in total. The van der Waals surface area contributed by atoms with E-state index in [1.807, 2.05) is 22.6 Å². The van der Waals surface area contributed by atoms with Gasteiger partial charge in [0.05, 0.1) is 8.04 Å². The molecule has 1 heterocycles. The normalized spacial score (nSPS) is 11.7. The number of aromatic amines is 1. The van der Waals surface area contributed by atoms with Crippen LogP contribution in [0.15, 0.2) is 26.7 Å². The van der Waals surface area contributed by atoms with E-state index in [4.69, 9.17) is 0 Å². The molecule has 110 valence electrons. The van der Waals surface area contributed by atoms with Gasteiger partial charge in [0.2, 0.25) is 5.16 Å². The highest BCUT2D eigenvalue weighted by atomic mass is 127. The maximum atomic E-state index is 11.3. The third-order valence-corrected chi connectivity index (χ3v) is 4.63. The molecule has 0 aliphatic rings. The number of carbonyl (C=O) groups is 1. The Labute approximate surface area is 146 Å². The van der Waals surface area contributed by atoms with Gasteiger partial charge in [0.25, 0.3) is 0 Å². The third kappa shape index (κ3) is 4.20. The van der Waals surface area contributed by atoms with Crippen LogP contribution >= 0.6 is 50.3 Å². The number of phenols is 1. The van der Waals surface area contributed by atoms with Gasteiger partial charge in [-0.3, -0.25) is 5.10 Å². The number of phenolic OH excluding ortho intramolecular Hbond substituents is 1. The van der Waals surface area contributed by atoms with Crippen molar-refractivity contribution in [3.8, 4) is 5.75 Å². The van der Waals surface area contributed by atoms with Crippen LogP contribution in [0.25, 0.3) is 6.08 Å². The molecule has 9 heteroatoms. The number of aryl methyl sites for hydroxylation is 1. The SMILES string of the molecule is Cc1nc(S/C(=C\c2cc(Br)c(O)c(I)c2)C(=O)O)n[nH]1. The molecule has 2 rings (SSSR count). The van der Waals surface area contributed by atoms with E-state index in [0.717, 1.165) is 11.8 Å². The van der Waals surface area contributed by atoms with Crippen molar-refractivity contribution in [3.05, 3.63) is 36.5 Å². The number of nitrogens with zero attached hydrogens (tertiary/aromatic N) is 2. The minimum atomic E-state index is -1.07. The first-order chi connectivity index (χ1) is 9.86. The number of benzene rings is 1. The third-order valence-electron chi connectivity index (χ3n) is 2.33. The minimum absolute atomic E-state index is 0.0855. The smallest absolute Gasteiger partial charge is 0.342 e. The quantitative estimate of drug-likeness (QED) is 0.351. The monoisotopic (exact) mass is 481 g/mol. The van der Waals surface area contributed by atoms with Gasteiger partial charge in [-0.2, -0.15) is 0 Å². The number of aromatic nitrogens is 3. The number of carboxylic acid groups (broad SMARTS) is 1. The van der Waals surface area contributed by atoms with E-state index in [-0.39, 0.29) is 10.7 Å². The first-order valence-corrected chi connectivity index (χ1v) is 8.25. The van der Waals surface area contributed by atoms with Crippen molar-refractivity contribution in [2.45, 2.75) is 12.1 Å². The summed E-state index contributed by atoms with van der Waals surface area (Å²) in [5.41, 5.74) is 0.654. The van der Waals surface area contributed by atoms with Gasteiger partial charge in [-0.05, 0) is 81.0 Å². The van der Waals surface area contributed by atoms with Gasteiger partial charge in [-0.15, -0.1) is 5.10 Å². The Balaban J connectivity index is 2.36. The lowest BCUT2D eigenvalue weighted by molar-refractivity contribution is -0.131. The maximum Gasteiger partial charge on any atom is 0.342 e. The molecule has 0 atom stereocenters. The fraction of sp³-hybridized carbons (Fsp3) is 0.0833. The fourth-order valence-electron chi connectivity index (χ4n) is 1.42. The fourth-order valence-corrected chi connectivity index (χ4v) is 3.67. The van der Waals surface area contributed by atoms with Crippen LogP contribution in [0.3, 0.4) is 0 Å². The van der Waals surface area contributed by atoms with Gasteiger partial charge < -0.3 is 10.2 Å². The molecule has 0 bridgehead atoms. The predicted octanol–water partition coefficient (Wildman–Crippen LogP) is 3.40. The van der Waals surface area contributed by atoms with E-state index in [1.165, 1.54) is 6.08 Å². The van der Waals surface area contributed by atoms with Crippen LogP contribution in [0, 0.1) is 10.5 Å². The Morgan fingerprint density at radius 2 is 2.24 bits per heavy atom. The van der Waals surface area contributed by atoms with Gasteiger partial charge in [0.15, 0.2) is 0 Å². The Morgan fingerprint density at radius 3 is 2.76 bits per heavy atom. The van der Waals surface area contributed by atoms with Crippen LogP contribution in [0.5, 0.6) is 5.75 Å². The summed E-state index contributed by atoms with van der Waals surface area (Å²) in [5, 5.41) is 25.9. The number of thioether (sulfide) groups is 1. The van der Waals surface area contributed by atoms with Crippen molar-refractivity contribution < 1.29 is 15.0 Å². The summed E-state index contributed by atoms with van der Waals surface area (Å²) in [6.45, 7) is 1.74. The van der Waals surface area contributed by atoms with E-state index in [0.29, 0.717) is 24.6 Å². The lowest BCUT2D eigenvalue weighted by atomic mass is 10.2. The summed E-state index contributed by atoms with van der Waals surface area (Å²) < 4.78 is 1.13. The van der Waals surface area contributed by atoms with E-state index < -0.39 is 5.97 Å². The highest BCUT2D eigenvalue weighted by Crippen LogP contribution is 2.32. The highest BCUT2D eigenvalue weighted by molar-refractivity contribution is 14.1. The second-order valence-corrected chi connectivity index (χ2v) is 6.98. The molecule has 1 aromatic carbocycles. The largest absolute Gasteiger partial charge is 0.506 e. The average molecular weight is 482 g/mol. The minimum Gasteiger partial charge on any atom is -0.506 e. The first kappa shape index (κ1) is 16.3. The van der Waals surface area contributed by atoms with E-state index in [9.17, 15) is 15.0 Å². The molecular weight excluding hydrogens is 473 g/mol. The molecular formula is C12H9BrIN3O3S. The molecule has 21 heavy (non-hydrogen) atoms. The second-order valence-electron chi connectivity index (χ2n) is 3.95. The summed E-state index contributed by atoms with van der Waals surface area (Å²) in [7, 11) is 0. The maximum absolute atomic E-state index is 11.3. The molecule has 0 radical (unpaired) electrons. The summed E-state index contributed by atoms with van der Waals surface area (Å²) in [4.78, 5) is 15.5. The van der Waals surface area contributed by atoms with E-state index in [2.05, 4.69) is 31.1 Å². The number of aromatic hydroxyl groups is 1. The van der Waals surface area contributed by atoms with Gasteiger partial charge in [0.1, 0.15) is 16.5 Å². The second kappa shape index (κ2) is 6.79. The molecule has 2 aromatic rings. The van der Waals surface area contributed by atoms with Gasteiger partial charge in [-0.1, -0.05) is 0 Å². The zero-order chi connectivity index (χ0) is 15.6.